The van der Waals surface area contributed by atoms with Gasteiger partial charge in [-0.1, -0.05) is 19.1 Å². The maximum absolute atomic E-state index is 12.5. The molecule has 0 radical (unpaired) electrons. The molecule has 0 saturated heterocycles. The Morgan fingerprint density at radius 2 is 1.86 bits per heavy atom. The first-order valence-electron chi connectivity index (χ1n) is 4.34. The molecule has 14 heavy (non-hydrogen) atoms. The second-order valence-electron chi connectivity index (χ2n) is 2.84. The minimum Gasteiger partial charge on any atom is -0.166 e. The summed E-state index contributed by atoms with van der Waals surface area (Å²) >= 11 is 1.25. The van der Waals surface area contributed by atoms with Crippen LogP contribution in [-0.4, -0.2) is 5.75 Å². The fourth-order valence-electron chi connectivity index (χ4n) is 1.04. The Morgan fingerprint density at radius 1 is 1.21 bits per heavy atom. The lowest BCUT2D eigenvalue weighted by atomic mass is 10.2. The molecular weight excluding hydrogens is 209 g/mol. The molecule has 1 aromatic rings. The summed E-state index contributed by atoms with van der Waals surface area (Å²) in [4.78, 5) is 0.321. The van der Waals surface area contributed by atoms with Gasteiger partial charge >= 0.3 is 6.18 Å². The van der Waals surface area contributed by atoms with Crippen LogP contribution in [0, 0.1) is 0 Å². The van der Waals surface area contributed by atoms with Crippen molar-refractivity contribution >= 4 is 11.8 Å². The Bertz CT molecular complexity index is 294. The van der Waals surface area contributed by atoms with Gasteiger partial charge in [0, 0.05) is 4.90 Å². The zero-order valence-electron chi connectivity index (χ0n) is 7.77. The van der Waals surface area contributed by atoms with E-state index in [0.29, 0.717) is 10.6 Å². The number of halogens is 3. The minimum absolute atomic E-state index is 0.321. The first-order valence-corrected chi connectivity index (χ1v) is 5.33. The van der Waals surface area contributed by atoms with Crippen LogP contribution in [-0.2, 0) is 6.18 Å². The number of hydrogen-bond donors (Lipinski definition) is 0. The first kappa shape index (κ1) is 11.4. The van der Waals surface area contributed by atoms with E-state index in [9.17, 15) is 13.2 Å². The number of rotatable bonds is 3. The maximum atomic E-state index is 12.5. The Morgan fingerprint density at radius 3 is 2.43 bits per heavy atom. The van der Waals surface area contributed by atoms with Crippen LogP contribution >= 0.6 is 11.8 Å². The van der Waals surface area contributed by atoms with Crippen LogP contribution in [0.3, 0.4) is 0 Å². The number of hydrogen-bond acceptors (Lipinski definition) is 1. The van der Waals surface area contributed by atoms with Gasteiger partial charge in [-0.15, -0.1) is 11.8 Å². The van der Waals surface area contributed by atoms with Gasteiger partial charge in [0.05, 0.1) is 5.56 Å². The van der Waals surface area contributed by atoms with Crippen molar-refractivity contribution in [3.8, 4) is 0 Å². The second kappa shape index (κ2) is 4.73. The quantitative estimate of drug-likeness (QED) is 0.688. The van der Waals surface area contributed by atoms with Crippen LogP contribution in [0.1, 0.15) is 18.9 Å². The van der Waals surface area contributed by atoms with Gasteiger partial charge in [-0.2, -0.15) is 13.2 Å². The van der Waals surface area contributed by atoms with Gasteiger partial charge in [-0.25, -0.2) is 0 Å². The molecule has 0 nitrogen and oxygen atoms in total. The highest BCUT2D eigenvalue weighted by molar-refractivity contribution is 7.99. The lowest BCUT2D eigenvalue weighted by Crippen LogP contribution is -2.06. The molecule has 0 aliphatic rings. The standard InChI is InChI=1S/C10H11F3S/c1-2-7-14-9-6-4-3-5-8(9)10(11,12)13/h3-6H,2,7H2,1H3. The van der Waals surface area contributed by atoms with Gasteiger partial charge in [-0.05, 0) is 24.3 Å². The van der Waals surface area contributed by atoms with Gasteiger partial charge in [0.25, 0.3) is 0 Å². The van der Waals surface area contributed by atoms with Crippen molar-refractivity contribution in [1.82, 2.24) is 0 Å². The molecule has 0 amide bonds. The van der Waals surface area contributed by atoms with Crippen LogP contribution in [0.5, 0.6) is 0 Å². The summed E-state index contributed by atoms with van der Waals surface area (Å²) in [7, 11) is 0. The summed E-state index contributed by atoms with van der Waals surface area (Å²) in [6.07, 6.45) is -3.37. The van der Waals surface area contributed by atoms with Crippen molar-refractivity contribution < 1.29 is 13.2 Å². The predicted octanol–water partition coefficient (Wildman–Crippen LogP) is 4.21. The minimum atomic E-state index is -4.24. The molecule has 0 aliphatic carbocycles. The van der Waals surface area contributed by atoms with Crippen molar-refractivity contribution in [2.24, 2.45) is 0 Å². The van der Waals surface area contributed by atoms with E-state index in [4.69, 9.17) is 0 Å². The molecule has 0 N–H and O–H groups in total. The van der Waals surface area contributed by atoms with Crippen LogP contribution in [0.25, 0.3) is 0 Å². The molecule has 0 aliphatic heterocycles. The summed E-state index contributed by atoms with van der Waals surface area (Å²) in [6, 6.07) is 5.69. The molecule has 1 rings (SSSR count). The second-order valence-corrected chi connectivity index (χ2v) is 3.98. The van der Waals surface area contributed by atoms with Crippen molar-refractivity contribution in [3.63, 3.8) is 0 Å². The third-order valence-corrected chi connectivity index (χ3v) is 2.93. The lowest BCUT2D eigenvalue weighted by Gasteiger charge is -2.11. The smallest absolute Gasteiger partial charge is 0.166 e. The zero-order chi connectivity index (χ0) is 10.6. The fourth-order valence-corrected chi connectivity index (χ4v) is 1.98. The molecular formula is C10H11F3S. The summed E-state index contributed by atoms with van der Waals surface area (Å²) in [5, 5.41) is 0. The lowest BCUT2D eigenvalue weighted by molar-refractivity contribution is -0.139. The van der Waals surface area contributed by atoms with E-state index in [0.717, 1.165) is 12.5 Å². The third kappa shape index (κ3) is 2.94. The Hall–Kier alpha value is -0.640. The fraction of sp³-hybridized carbons (Fsp3) is 0.400. The van der Waals surface area contributed by atoms with Crippen LogP contribution in [0.15, 0.2) is 29.2 Å². The highest BCUT2D eigenvalue weighted by atomic mass is 32.2. The molecule has 0 fully saturated rings. The van der Waals surface area contributed by atoms with E-state index < -0.39 is 11.7 Å². The van der Waals surface area contributed by atoms with E-state index in [-0.39, 0.29) is 0 Å². The molecule has 0 heterocycles. The zero-order valence-corrected chi connectivity index (χ0v) is 8.58. The average molecular weight is 220 g/mol. The van der Waals surface area contributed by atoms with Gasteiger partial charge in [0.2, 0.25) is 0 Å². The highest BCUT2D eigenvalue weighted by Gasteiger charge is 2.32. The predicted molar refractivity (Wildman–Crippen MR) is 52.5 cm³/mol. The molecule has 0 unspecified atom stereocenters. The van der Waals surface area contributed by atoms with Crippen LogP contribution < -0.4 is 0 Å². The van der Waals surface area contributed by atoms with Crippen molar-refractivity contribution in [2.45, 2.75) is 24.4 Å². The van der Waals surface area contributed by atoms with Gasteiger partial charge in [0.1, 0.15) is 0 Å². The number of alkyl halides is 3. The van der Waals surface area contributed by atoms with Gasteiger partial charge in [0.15, 0.2) is 0 Å². The molecule has 0 atom stereocenters. The Balaban J connectivity index is 2.92. The topological polar surface area (TPSA) is 0 Å². The average Bonchev–Trinajstić information content (AvgIpc) is 2.14. The summed E-state index contributed by atoms with van der Waals surface area (Å²) in [5.41, 5.74) is -0.529. The molecule has 0 spiro atoms. The first-order chi connectivity index (χ1) is 6.55. The number of thioether (sulfide) groups is 1. The largest absolute Gasteiger partial charge is 0.417 e. The van der Waals surface area contributed by atoms with Crippen LogP contribution in [0.2, 0.25) is 0 Å². The van der Waals surface area contributed by atoms with Gasteiger partial charge in [-0.3, -0.25) is 0 Å². The highest BCUT2D eigenvalue weighted by Crippen LogP contribution is 2.36. The normalized spacial score (nSPS) is 11.7. The third-order valence-electron chi connectivity index (χ3n) is 1.65. The molecule has 4 heteroatoms. The van der Waals surface area contributed by atoms with E-state index in [2.05, 4.69) is 0 Å². The molecule has 0 saturated carbocycles. The number of benzene rings is 1. The monoisotopic (exact) mass is 220 g/mol. The molecule has 1 aromatic carbocycles. The maximum Gasteiger partial charge on any atom is 0.417 e. The molecule has 0 aromatic heterocycles. The van der Waals surface area contributed by atoms with Crippen molar-refractivity contribution in [1.29, 1.82) is 0 Å². The summed E-state index contributed by atoms with van der Waals surface area (Å²) < 4.78 is 37.4. The van der Waals surface area contributed by atoms with E-state index in [1.807, 2.05) is 6.92 Å². The Labute approximate surface area is 85.5 Å². The molecule has 0 bridgehead atoms. The van der Waals surface area contributed by atoms with E-state index in [1.54, 1.807) is 6.07 Å². The SMILES string of the molecule is CCCSc1ccccc1C(F)(F)F. The Kier molecular flexibility index (Phi) is 3.86. The van der Waals surface area contributed by atoms with Crippen molar-refractivity contribution in [3.05, 3.63) is 29.8 Å². The molecule has 78 valence electrons. The van der Waals surface area contributed by atoms with Crippen LogP contribution in [0.4, 0.5) is 13.2 Å². The van der Waals surface area contributed by atoms with Crippen molar-refractivity contribution in [2.75, 3.05) is 5.75 Å². The summed E-state index contributed by atoms with van der Waals surface area (Å²) in [5.74, 6) is 0.715. The van der Waals surface area contributed by atoms with Gasteiger partial charge < -0.3 is 0 Å². The summed E-state index contributed by atoms with van der Waals surface area (Å²) in [6.45, 7) is 1.95. The van der Waals surface area contributed by atoms with E-state index >= 15 is 0 Å². The van der Waals surface area contributed by atoms with E-state index in [1.165, 1.54) is 23.9 Å².